The van der Waals surface area contributed by atoms with Crippen LogP contribution in [0.5, 0.6) is 0 Å². The first kappa shape index (κ1) is 12.7. The van der Waals surface area contributed by atoms with Crippen molar-refractivity contribution in [2.75, 3.05) is 19.1 Å². The number of sulfone groups is 1. The lowest BCUT2D eigenvalue weighted by molar-refractivity contribution is -0.141. The number of hydrogen-bond donors (Lipinski definition) is 0. The third-order valence-corrected chi connectivity index (χ3v) is 3.10. The van der Waals surface area contributed by atoms with Crippen LogP contribution in [0.25, 0.3) is 0 Å². The van der Waals surface area contributed by atoms with E-state index in [1.807, 2.05) is 0 Å². The summed E-state index contributed by atoms with van der Waals surface area (Å²) in [6, 6.07) is 8.75. The topological polar surface area (TPSA) is 60.4 Å². The molecule has 0 aliphatic rings. The van der Waals surface area contributed by atoms with E-state index in [1.54, 1.807) is 30.3 Å². The monoisotopic (exact) mass is 242 g/mol. The first-order valence-corrected chi connectivity index (χ1v) is 6.80. The molecule has 0 heterocycles. The molecule has 0 aliphatic carbocycles. The highest BCUT2D eigenvalue weighted by molar-refractivity contribution is 7.90. The Kier molecular flexibility index (Phi) is 4.06. The molecular formula is C11H14O4S. The van der Waals surface area contributed by atoms with Crippen LogP contribution in [0.3, 0.4) is 0 Å². The molecule has 0 radical (unpaired) electrons. The zero-order valence-electron chi connectivity index (χ0n) is 9.21. The van der Waals surface area contributed by atoms with Crippen LogP contribution in [0.4, 0.5) is 0 Å². The summed E-state index contributed by atoms with van der Waals surface area (Å²) >= 11 is 0. The first-order valence-electron chi connectivity index (χ1n) is 4.74. The zero-order chi connectivity index (χ0) is 12.2. The van der Waals surface area contributed by atoms with E-state index >= 15 is 0 Å². The molecule has 0 fully saturated rings. The lowest BCUT2D eigenvalue weighted by Crippen LogP contribution is -2.22. The van der Waals surface area contributed by atoms with Gasteiger partial charge in [-0.15, -0.1) is 0 Å². The van der Waals surface area contributed by atoms with Gasteiger partial charge in [-0.05, 0) is 5.56 Å². The van der Waals surface area contributed by atoms with Crippen LogP contribution in [0.15, 0.2) is 30.3 Å². The van der Waals surface area contributed by atoms with E-state index in [-0.39, 0.29) is 5.75 Å². The van der Waals surface area contributed by atoms with E-state index in [1.165, 1.54) is 7.11 Å². The van der Waals surface area contributed by atoms with E-state index in [2.05, 4.69) is 4.74 Å². The van der Waals surface area contributed by atoms with E-state index in [4.69, 9.17) is 0 Å². The molecule has 5 heteroatoms. The Bertz CT molecular complexity index is 450. The van der Waals surface area contributed by atoms with Crippen molar-refractivity contribution in [3.05, 3.63) is 35.9 Å². The number of benzene rings is 1. The molecule has 4 nitrogen and oxygen atoms in total. The molecule has 0 amide bonds. The molecule has 0 aromatic heterocycles. The Labute approximate surface area is 95.2 Å². The maximum atomic E-state index is 11.5. The Morgan fingerprint density at radius 1 is 1.31 bits per heavy atom. The minimum absolute atomic E-state index is 0.232. The summed E-state index contributed by atoms with van der Waals surface area (Å²) in [4.78, 5) is 11.5. The molecule has 0 saturated heterocycles. The Morgan fingerprint density at radius 2 is 1.88 bits per heavy atom. The van der Waals surface area contributed by atoms with Gasteiger partial charge in [0, 0.05) is 6.26 Å². The second-order valence-corrected chi connectivity index (χ2v) is 5.76. The highest BCUT2D eigenvalue weighted by atomic mass is 32.2. The van der Waals surface area contributed by atoms with Gasteiger partial charge in [0.2, 0.25) is 0 Å². The van der Waals surface area contributed by atoms with Gasteiger partial charge in [0.25, 0.3) is 0 Å². The van der Waals surface area contributed by atoms with Crippen molar-refractivity contribution in [3.63, 3.8) is 0 Å². The number of carbonyl (C=O) groups excluding carboxylic acids is 1. The third kappa shape index (κ3) is 3.66. The molecule has 0 aliphatic heterocycles. The van der Waals surface area contributed by atoms with Crippen LogP contribution in [0.2, 0.25) is 0 Å². The molecule has 0 bridgehead atoms. The van der Waals surface area contributed by atoms with Gasteiger partial charge in [0.05, 0.1) is 18.8 Å². The average Bonchev–Trinajstić information content (AvgIpc) is 2.25. The van der Waals surface area contributed by atoms with E-state index < -0.39 is 21.7 Å². The van der Waals surface area contributed by atoms with Gasteiger partial charge in [0.15, 0.2) is 0 Å². The van der Waals surface area contributed by atoms with Crippen molar-refractivity contribution in [2.24, 2.45) is 0 Å². The fourth-order valence-corrected chi connectivity index (χ4v) is 2.36. The quantitative estimate of drug-likeness (QED) is 0.739. The van der Waals surface area contributed by atoms with E-state index in [9.17, 15) is 13.2 Å². The van der Waals surface area contributed by atoms with Crippen molar-refractivity contribution in [1.29, 1.82) is 0 Å². The molecule has 1 unspecified atom stereocenters. The third-order valence-electron chi connectivity index (χ3n) is 2.16. The number of esters is 1. The summed E-state index contributed by atoms with van der Waals surface area (Å²) in [5.41, 5.74) is 0.653. The molecule has 0 saturated carbocycles. The molecule has 1 aromatic carbocycles. The molecule has 1 rings (SSSR count). The van der Waals surface area contributed by atoms with Crippen LogP contribution in [0.1, 0.15) is 11.5 Å². The summed E-state index contributed by atoms with van der Waals surface area (Å²) in [5, 5.41) is 0. The maximum absolute atomic E-state index is 11.5. The largest absolute Gasteiger partial charge is 0.469 e. The molecule has 1 atom stereocenters. The molecule has 16 heavy (non-hydrogen) atoms. The number of hydrogen-bond acceptors (Lipinski definition) is 4. The Balaban J connectivity index is 3.02. The summed E-state index contributed by atoms with van der Waals surface area (Å²) in [6.45, 7) is 0. The second-order valence-electron chi connectivity index (χ2n) is 3.58. The lowest BCUT2D eigenvalue weighted by atomic mass is 10.0. The van der Waals surface area contributed by atoms with Gasteiger partial charge in [-0.25, -0.2) is 8.42 Å². The van der Waals surface area contributed by atoms with Crippen LogP contribution in [-0.2, 0) is 19.4 Å². The van der Waals surface area contributed by atoms with Crippen molar-refractivity contribution >= 4 is 15.8 Å². The van der Waals surface area contributed by atoms with Gasteiger partial charge in [-0.1, -0.05) is 30.3 Å². The van der Waals surface area contributed by atoms with Crippen LogP contribution in [-0.4, -0.2) is 33.5 Å². The highest BCUT2D eigenvalue weighted by Gasteiger charge is 2.25. The Morgan fingerprint density at radius 3 is 2.31 bits per heavy atom. The molecular weight excluding hydrogens is 228 g/mol. The summed E-state index contributed by atoms with van der Waals surface area (Å²) < 4.78 is 27.1. The van der Waals surface area contributed by atoms with Crippen LogP contribution >= 0.6 is 0 Å². The minimum atomic E-state index is -3.23. The minimum Gasteiger partial charge on any atom is -0.469 e. The van der Waals surface area contributed by atoms with Crippen LogP contribution in [0, 0.1) is 0 Å². The maximum Gasteiger partial charge on any atom is 0.314 e. The van der Waals surface area contributed by atoms with Gasteiger partial charge in [0.1, 0.15) is 9.84 Å². The van der Waals surface area contributed by atoms with Crippen molar-refractivity contribution < 1.29 is 17.9 Å². The number of ether oxygens (including phenoxy) is 1. The normalized spacial score (nSPS) is 13.1. The summed E-state index contributed by atoms with van der Waals surface area (Å²) in [5.74, 6) is -1.51. The van der Waals surface area contributed by atoms with Gasteiger partial charge >= 0.3 is 5.97 Å². The fraction of sp³-hybridized carbons (Fsp3) is 0.364. The lowest BCUT2D eigenvalue weighted by Gasteiger charge is -2.13. The summed E-state index contributed by atoms with van der Waals surface area (Å²) in [7, 11) is -1.98. The zero-order valence-corrected chi connectivity index (χ0v) is 10.0. The number of carbonyl (C=O) groups is 1. The van der Waals surface area contributed by atoms with Crippen molar-refractivity contribution in [1.82, 2.24) is 0 Å². The van der Waals surface area contributed by atoms with E-state index in [0.29, 0.717) is 5.56 Å². The molecule has 1 aromatic rings. The molecule has 88 valence electrons. The second kappa shape index (κ2) is 5.12. The smallest absolute Gasteiger partial charge is 0.314 e. The SMILES string of the molecule is COC(=O)C(CS(C)(=O)=O)c1ccccc1. The van der Waals surface area contributed by atoms with Gasteiger partial charge < -0.3 is 4.74 Å². The van der Waals surface area contributed by atoms with Gasteiger partial charge in [-0.2, -0.15) is 0 Å². The van der Waals surface area contributed by atoms with Crippen molar-refractivity contribution in [3.8, 4) is 0 Å². The standard InChI is InChI=1S/C11H14O4S/c1-15-11(12)10(8-16(2,13)14)9-6-4-3-5-7-9/h3-7,10H,8H2,1-2H3. The number of rotatable bonds is 4. The fourth-order valence-electron chi connectivity index (χ4n) is 1.43. The number of methoxy groups -OCH3 is 1. The first-order chi connectivity index (χ1) is 7.44. The van der Waals surface area contributed by atoms with Gasteiger partial charge in [-0.3, -0.25) is 4.79 Å². The highest BCUT2D eigenvalue weighted by Crippen LogP contribution is 2.18. The predicted molar refractivity (Wildman–Crippen MR) is 60.9 cm³/mol. The Hall–Kier alpha value is -1.36. The van der Waals surface area contributed by atoms with Crippen molar-refractivity contribution in [2.45, 2.75) is 5.92 Å². The average molecular weight is 242 g/mol. The van der Waals surface area contributed by atoms with Crippen LogP contribution < -0.4 is 0 Å². The molecule has 0 N–H and O–H groups in total. The summed E-state index contributed by atoms with van der Waals surface area (Å²) in [6.07, 6.45) is 1.10. The molecule has 0 spiro atoms. The van der Waals surface area contributed by atoms with E-state index in [0.717, 1.165) is 6.26 Å². The predicted octanol–water partition coefficient (Wildman–Crippen LogP) is 0.988.